The minimum Gasteiger partial charge on any atom is -0.497 e. The Labute approximate surface area is 189 Å². The zero-order valence-corrected chi connectivity index (χ0v) is 18.0. The molecular weight excluding hydrogens is 463 g/mol. The molecule has 10 heteroatoms. The van der Waals surface area contributed by atoms with Crippen molar-refractivity contribution >= 4 is 11.8 Å². The Morgan fingerprint density at radius 3 is 1.61 bits per heavy atom. The van der Waals surface area contributed by atoms with Crippen molar-refractivity contribution in [1.29, 1.82) is 0 Å². The van der Waals surface area contributed by atoms with Crippen molar-refractivity contribution in [3.05, 3.63) is 77.6 Å². The third-order valence-corrected chi connectivity index (χ3v) is 5.74. The van der Waals surface area contributed by atoms with Crippen LogP contribution < -0.4 is 9.47 Å². The van der Waals surface area contributed by atoms with Gasteiger partial charge < -0.3 is 14.5 Å². The van der Waals surface area contributed by atoms with Gasteiger partial charge in [-0.1, -0.05) is 0 Å². The number of hydrogen-bond donors (Lipinski definition) is 1. The van der Waals surface area contributed by atoms with Crippen molar-refractivity contribution in [3.8, 4) is 34.0 Å². The van der Waals surface area contributed by atoms with Crippen molar-refractivity contribution < 1.29 is 31.4 Å². The van der Waals surface area contributed by atoms with Crippen molar-refractivity contribution in [2.45, 2.75) is 10.1 Å². The molecule has 1 N–H and O–H groups in total. The fraction of sp³-hybridized carbons (Fsp3) is 0.0870. The van der Waals surface area contributed by atoms with Gasteiger partial charge in [-0.3, -0.25) is 0 Å². The molecule has 1 aromatic heterocycles. The van der Waals surface area contributed by atoms with Crippen LogP contribution in [-0.4, -0.2) is 24.2 Å². The molecule has 0 amide bonds. The van der Waals surface area contributed by atoms with E-state index < -0.39 is 34.0 Å². The molecule has 0 aliphatic heterocycles. The predicted octanol–water partition coefficient (Wildman–Crippen LogP) is 6.61. The number of ether oxygens (including phenoxy) is 2. The summed E-state index contributed by atoms with van der Waals surface area (Å²) in [6.45, 7) is 0. The average Bonchev–Trinajstić information content (AvgIpc) is 3.28. The lowest BCUT2D eigenvalue weighted by Gasteiger charge is -2.06. The number of H-pyrrole nitrogens is 1. The highest BCUT2D eigenvalue weighted by molar-refractivity contribution is 7.99. The van der Waals surface area contributed by atoms with E-state index >= 15 is 0 Å². The Hall–Kier alpha value is -3.53. The fourth-order valence-electron chi connectivity index (χ4n) is 3.10. The molecule has 0 radical (unpaired) electrons. The monoisotopic (exact) mass is 478 g/mol. The third-order valence-electron chi connectivity index (χ3n) is 4.79. The molecule has 0 atom stereocenters. The number of aromatic nitrogens is 2. The largest absolute Gasteiger partial charge is 0.497 e. The van der Waals surface area contributed by atoms with Gasteiger partial charge in [0.15, 0.2) is 28.4 Å². The first-order valence-corrected chi connectivity index (χ1v) is 10.2. The van der Waals surface area contributed by atoms with Gasteiger partial charge in [-0.15, -0.1) is 0 Å². The summed E-state index contributed by atoms with van der Waals surface area (Å²) in [5.41, 5.74) is 2.20. The smallest absolute Gasteiger partial charge is 0.200 e. The molecule has 33 heavy (non-hydrogen) atoms. The molecule has 4 rings (SSSR count). The third kappa shape index (κ3) is 4.25. The molecule has 0 unspecified atom stereocenters. The lowest BCUT2D eigenvalue weighted by Crippen LogP contribution is -2.03. The number of rotatable bonds is 6. The molecular formula is C23H15F5N2O2S. The number of benzene rings is 3. The normalized spacial score (nSPS) is 11.0. The molecule has 0 spiro atoms. The number of nitrogens with one attached hydrogen (secondary N) is 1. The summed E-state index contributed by atoms with van der Waals surface area (Å²) >= 11 is 0.305. The summed E-state index contributed by atoms with van der Waals surface area (Å²) < 4.78 is 79.4. The fourth-order valence-corrected chi connectivity index (χ4v) is 3.94. The van der Waals surface area contributed by atoms with Crippen molar-refractivity contribution in [2.75, 3.05) is 14.2 Å². The van der Waals surface area contributed by atoms with Crippen LogP contribution in [0.4, 0.5) is 22.0 Å². The standard InChI is InChI=1S/C23H15F5N2O2S/c1-31-13-7-3-11(4-8-13)20-21(12-5-9-14(32-2)10-6-12)30-23(29-20)33-22-18(27)16(25)15(24)17(26)19(22)28/h3-10H,1-2H3,(H,29,30). The van der Waals surface area contributed by atoms with Crippen LogP contribution in [0, 0.1) is 29.1 Å². The van der Waals surface area contributed by atoms with Gasteiger partial charge in [-0.25, -0.2) is 26.9 Å². The van der Waals surface area contributed by atoms with E-state index in [1.54, 1.807) is 48.5 Å². The van der Waals surface area contributed by atoms with Gasteiger partial charge in [0.1, 0.15) is 11.5 Å². The maximum atomic E-state index is 14.2. The van der Waals surface area contributed by atoms with Crippen LogP contribution in [0.2, 0.25) is 0 Å². The lowest BCUT2D eigenvalue weighted by atomic mass is 10.0. The molecule has 4 aromatic rings. The van der Waals surface area contributed by atoms with E-state index in [0.717, 1.165) is 0 Å². The first-order chi connectivity index (χ1) is 15.8. The van der Waals surface area contributed by atoms with Gasteiger partial charge in [-0.05, 0) is 60.3 Å². The number of hydrogen-bond acceptors (Lipinski definition) is 4. The lowest BCUT2D eigenvalue weighted by molar-refractivity contribution is 0.361. The van der Waals surface area contributed by atoms with Crippen LogP contribution >= 0.6 is 11.8 Å². The molecule has 3 aromatic carbocycles. The van der Waals surface area contributed by atoms with Crippen molar-refractivity contribution in [1.82, 2.24) is 9.97 Å². The Morgan fingerprint density at radius 1 is 0.667 bits per heavy atom. The van der Waals surface area contributed by atoms with Gasteiger partial charge in [0.05, 0.1) is 30.5 Å². The zero-order valence-electron chi connectivity index (χ0n) is 17.2. The van der Waals surface area contributed by atoms with E-state index in [0.29, 0.717) is 45.8 Å². The SMILES string of the molecule is COc1ccc(-c2nc(Sc3c(F)c(F)c(F)c(F)c3F)[nH]c2-c2ccc(OC)cc2)cc1. The van der Waals surface area contributed by atoms with Gasteiger partial charge in [0.2, 0.25) is 5.82 Å². The summed E-state index contributed by atoms with van der Waals surface area (Å²) in [7, 11) is 3.04. The maximum absolute atomic E-state index is 14.2. The molecule has 170 valence electrons. The number of nitrogens with zero attached hydrogens (tertiary/aromatic N) is 1. The molecule has 0 saturated carbocycles. The Balaban J connectivity index is 1.83. The van der Waals surface area contributed by atoms with E-state index in [1.165, 1.54) is 14.2 Å². The minimum absolute atomic E-state index is 0.0603. The van der Waals surface area contributed by atoms with Crippen LogP contribution in [0.1, 0.15) is 0 Å². The first-order valence-electron chi connectivity index (χ1n) is 9.42. The van der Waals surface area contributed by atoms with Crippen LogP contribution in [0.25, 0.3) is 22.5 Å². The van der Waals surface area contributed by atoms with E-state index in [9.17, 15) is 22.0 Å². The highest BCUT2D eigenvalue weighted by atomic mass is 32.2. The van der Waals surface area contributed by atoms with E-state index in [4.69, 9.17) is 9.47 Å². The highest BCUT2D eigenvalue weighted by Crippen LogP contribution is 2.39. The quantitative estimate of drug-likeness (QED) is 0.193. The molecule has 0 saturated heterocycles. The maximum Gasteiger partial charge on any atom is 0.200 e. The molecule has 1 heterocycles. The Kier molecular flexibility index (Phi) is 6.28. The molecule has 0 aliphatic carbocycles. The van der Waals surface area contributed by atoms with Crippen LogP contribution in [0.3, 0.4) is 0 Å². The summed E-state index contributed by atoms with van der Waals surface area (Å²) in [4.78, 5) is 6.25. The van der Waals surface area contributed by atoms with Gasteiger partial charge in [0, 0.05) is 11.1 Å². The second kappa shape index (κ2) is 9.14. The topological polar surface area (TPSA) is 47.1 Å². The number of halogens is 5. The summed E-state index contributed by atoms with van der Waals surface area (Å²) in [6.07, 6.45) is 0. The predicted molar refractivity (Wildman–Crippen MR) is 113 cm³/mol. The van der Waals surface area contributed by atoms with Gasteiger partial charge >= 0.3 is 0 Å². The number of aromatic amines is 1. The Morgan fingerprint density at radius 2 is 1.12 bits per heavy atom. The van der Waals surface area contributed by atoms with Crippen molar-refractivity contribution in [2.24, 2.45) is 0 Å². The average molecular weight is 478 g/mol. The van der Waals surface area contributed by atoms with E-state index in [2.05, 4.69) is 9.97 Å². The second-order valence-electron chi connectivity index (χ2n) is 6.72. The summed E-state index contributed by atoms with van der Waals surface area (Å²) in [5, 5.41) is -0.0603. The van der Waals surface area contributed by atoms with Crippen LogP contribution in [0.5, 0.6) is 11.5 Å². The van der Waals surface area contributed by atoms with E-state index in [1.807, 2.05) is 0 Å². The zero-order chi connectivity index (χ0) is 23.7. The minimum atomic E-state index is -2.22. The summed E-state index contributed by atoms with van der Waals surface area (Å²) in [5.74, 6) is -8.89. The molecule has 4 nitrogen and oxygen atoms in total. The number of imidazole rings is 1. The molecule has 0 fully saturated rings. The van der Waals surface area contributed by atoms with Crippen molar-refractivity contribution in [3.63, 3.8) is 0 Å². The van der Waals surface area contributed by atoms with Crippen LogP contribution in [-0.2, 0) is 0 Å². The van der Waals surface area contributed by atoms with E-state index in [-0.39, 0.29) is 5.16 Å². The summed E-state index contributed by atoms with van der Waals surface area (Å²) in [6, 6.07) is 13.8. The Bertz CT molecular complexity index is 1210. The van der Waals surface area contributed by atoms with Gasteiger partial charge in [0.25, 0.3) is 0 Å². The molecule has 0 bridgehead atoms. The van der Waals surface area contributed by atoms with Crippen LogP contribution in [0.15, 0.2) is 58.6 Å². The highest BCUT2D eigenvalue weighted by Gasteiger charge is 2.27. The van der Waals surface area contributed by atoms with Gasteiger partial charge in [-0.2, -0.15) is 0 Å². The number of methoxy groups -OCH3 is 2. The molecule has 0 aliphatic rings. The first kappa shape index (κ1) is 22.7. The second-order valence-corrected chi connectivity index (χ2v) is 7.72.